The maximum absolute atomic E-state index is 12.6. The minimum absolute atomic E-state index is 0.229. The minimum Gasteiger partial charge on any atom is -0.330 e. The molecule has 2 aromatic heterocycles. The number of aromatic nitrogens is 4. The lowest BCUT2D eigenvalue weighted by Crippen LogP contribution is -2.38. The zero-order valence-corrected chi connectivity index (χ0v) is 14.0. The van der Waals surface area contributed by atoms with Gasteiger partial charge in [-0.3, -0.25) is 13.9 Å². The number of nitrogens with zero attached hydrogens (tertiary/aromatic N) is 4. The second kappa shape index (κ2) is 5.72. The summed E-state index contributed by atoms with van der Waals surface area (Å²) >= 11 is 0. The number of nitrogens with two attached hydrogens (primary N) is 1. The first-order valence-electron chi connectivity index (χ1n) is 7.64. The summed E-state index contributed by atoms with van der Waals surface area (Å²) < 4.78 is 4.62. The topological polar surface area (TPSA) is 87.8 Å². The fourth-order valence-electron chi connectivity index (χ4n) is 2.68. The van der Waals surface area contributed by atoms with E-state index in [1.54, 1.807) is 4.57 Å². The van der Waals surface area contributed by atoms with Gasteiger partial charge in [0.05, 0.1) is 0 Å². The van der Waals surface area contributed by atoms with Crippen molar-refractivity contribution in [2.75, 3.05) is 6.54 Å². The molecule has 0 saturated carbocycles. The molecule has 2 aromatic rings. The molecule has 0 amide bonds. The molecule has 0 aromatic carbocycles. The predicted molar refractivity (Wildman–Crippen MR) is 87.3 cm³/mol. The first-order valence-corrected chi connectivity index (χ1v) is 7.64. The highest BCUT2D eigenvalue weighted by Crippen LogP contribution is 2.24. The van der Waals surface area contributed by atoms with Crippen molar-refractivity contribution in [3.63, 3.8) is 0 Å². The van der Waals surface area contributed by atoms with Crippen molar-refractivity contribution >= 4 is 11.2 Å². The van der Waals surface area contributed by atoms with Crippen LogP contribution in [0.5, 0.6) is 0 Å². The molecule has 0 atom stereocenters. The SMILES string of the molecule is CCn1c(=O)n(C)c(=O)c2c1nc(C(C)(C)C)n2CCCN. The summed E-state index contributed by atoms with van der Waals surface area (Å²) in [5.41, 5.74) is 5.72. The molecule has 0 bridgehead atoms. The van der Waals surface area contributed by atoms with Gasteiger partial charge in [-0.05, 0) is 19.9 Å². The van der Waals surface area contributed by atoms with Gasteiger partial charge in [-0.15, -0.1) is 0 Å². The molecule has 7 nitrogen and oxygen atoms in total. The molecule has 122 valence electrons. The summed E-state index contributed by atoms with van der Waals surface area (Å²) in [5.74, 6) is 0.806. The molecule has 0 spiro atoms. The fraction of sp³-hybridized carbons (Fsp3) is 0.667. The molecular formula is C15H25N5O2. The van der Waals surface area contributed by atoms with Crippen molar-refractivity contribution in [1.82, 2.24) is 18.7 Å². The van der Waals surface area contributed by atoms with Crippen LogP contribution in [0.25, 0.3) is 11.2 Å². The molecule has 0 aliphatic heterocycles. The predicted octanol–water partition coefficient (Wildman–Crippen LogP) is 0.563. The molecule has 0 aliphatic carbocycles. The van der Waals surface area contributed by atoms with E-state index in [4.69, 9.17) is 5.73 Å². The fourth-order valence-corrected chi connectivity index (χ4v) is 2.68. The van der Waals surface area contributed by atoms with Gasteiger partial charge in [-0.2, -0.15) is 0 Å². The van der Waals surface area contributed by atoms with Crippen LogP contribution in [0.1, 0.15) is 39.9 Å². The highest BCUT2D eigenvalue weighted by molar-refractivity contribution is 5.71. The van der Waals surface area contributed by atoms with Crippen molar-refractivity contribution in [3.05, 3.63) is 26.7 Å². The largest absolute Gasteiger partial charge is 0.332 e. The Kier molecular flexibility index (Phi) is 4.28. The Morgan fingerprint density at radius 1 is 1.18 bits per heavy atom. The van der Waals surface area contributed by atoms with Crippen molar-refractivity contribution in [2.45, 2.75) is 52.6 Å². The zero-order chi connectivity index (χ0) is 16.7. The standard InChI is InChI=1S/C15H25N5O2/c1-6-19-11-10(12(21)18(5)14(19)22)20(9-7-8-16)13(17-11)15(2,3)4/h6-9,16H2,1-5H3. The van der Waals surface area contributed by atoms with Gasteiger partial charge in [0.1, 0.15) is 5.82 Å². The number of fused-ring (bicyclic) bond motifs is 1. The molecule has 22 heavy (non-hydrogen) atoms. The van der Waals surface area contributed by atoms with Crippen LogP contribution < -0.4 is 17.0 Å². The van der Waals surface area contributed by atoms with E-state index in [0.717, 1.165) is 16.8 Å². The maximum Gasteiger partial charge on any atom is 0.332 e. The van der Waals surface area contributed by atoms with E-state index in [0.29, 0.717) is 30.8 Å². The van der Waals surface area contributed by atoms with E-state index < -0.39 is 0 Å². The second-order valence-corrected chi connectivity index (χ2v) is 6.54. The summed E-state index contributed by atoms with van der Waals surface area (Å²) in [6.07, 6.45) is 0.753. The monoisotopic (exact) mass is 307 g/mol. The molecular weight excluding hydrogens is 282 g/mol. The minimum atomic E-state index is -0.330. The molecule has 0 unspecified atom stereocenters. The normalized spacial score (nSPS) is 12.3. The lowest BCUT2D eigenvalue weighted by Gasteiger charge is -2.19. The zero-order valence-electron chi connectivity index (χ0n) is 14.0. The highest BCUT2D eigenvalue weighted by atomic mass is 16.2. The van der Waals surface area contributed by atoms with Crippen LogP contribution in [-0.4, -0.2) is 25.2 Å². The van der Waals surface area contributed by atoms with Gasteiger partial charge in [0.2, 0.25) is 0 Å². The van der Waals surface area contributed by atoms with Crippen LogP contribution in [0.3, 0.4) is 0 Å². The second-order valence-electron chi connectivity index (χ2n) is 6.54. The number of aryl methyl sites for hydroxylation is 2. The van der Waals surface area contributed by atoms with Crippen LogP contribution in [0.15, 0.2) is 9.59 Å². The van der Waals surface area contributed by atoms with Gasteiger partial charge in [-0.25, -0.2) is 9.78 Å². The first-order chi connectivity index (χ1) is 10.2. The maximum atomic E-state index is 12.6. The Morgan fingerprint density at radius 3 is 2.32 bits per heavy atom. The van der Waals surface area contributed by atoms with Gasteiger partial charge in [0.25, 0.3) is 5.56 Å². The molecule has 2 heterocycles. The molecule has 2 N–H and O–H groups in total. The number of imidazole rings is 1. The van der Waals surface area contributed by atoms with Gasteiger partial charge in [0.15, 0.2) is 11.2 Å². The van der Waals surface area contributed by atoms with Crippen molar-refractivity contribution in [2.24, 2.45) is 12.8 Å². The number of hydrogen-bond donors (Lipinski definition) is 1. The Bertz CT molecular complexity index is 804. The average Bonchev–Trinajstić information content (AvgIpc) is 2.82. The van der Waals surface area contributed by atoms with Crippen molar-refractivity contribution in [3.8, 4) is 0 Å². The quantitative estimate of drug-likeness (QED) is 0.894. The van der Waals surface area contributed by atoms with Crippen molar-refractivity contribution in [1.29, 1.82) is 0 Å². The third-order valence-corrected chi connectivity index (χ3v) is 3.80. The van der Waals surface area contributed by atoms with Gasteiger partial charge in [-0.1, -0.05) is 20.8 Å². The summed E-state index contributed by atoms with van der Waals surface area (Å²) in [5, 5.41) is 0. The van der Waals surface area contributed by atoms with Crippen LogP contribution in [0, 0.1) is 0 Å². The Labute approximate surface area is 129 Å². The summed E-state index contributed by atoms with van der Waals surface area (Å²) in [6, 6.07) is 0. The van der Waals surface area contributed by atoms with Gasteiger partial charge >= 0.3 is 5.69 Å². The Hall–Kier alpha value is -1.89. The lowest BCUT2D eigenvalue weighted by atomic mass is 9.95. The number of hydrogen-bond acceptors (Lipinski definition) is 4. The Morgan fingerprint density at radius 2 is 1.82 bits per heavy atom. The first kappa shape index (κ1) is 16.5. The number of rotatable bonds is 4. The molecule has 0 radical (unpaired) electrons. The third kappa shape index (κ3) is 2.49. The van der Waals surface area contributed by atoms with Crippen LogP contribution in [-0.2, 0) is 25.6 Å². The summed E-state index contributed by atoms with van der Waals surface area (Å²) in [6.45, 7) is 9.65. The van der Waals surface area contributed by atoms with E-state index in [9.17, 15) is 9.59 Å². The van der Waals surface area contributed by atoms with Crippen LogP contribution in [0.4, 0.5) is 0 Å². The van der Waals surface area contributed by atoms with E-state index in [1.165, 1.54) is 7.05 Å². The summed E-state index contributed by atoms with van der Waals surface area (Å²) in [7, 11) is 1.51. The molecule has 0 aliphatic rings. The molecule has 7 heteroatoms. The van der Waals surface area contributed by atoms with E-state index in [-0.39, 0.29) is 16.7 Å². The Balaban J connectivity index is 2.97. The highest BCUT2D eigenvalue weighted by Gasteiger charge is 2.26. The van der Waals surface area contributed by atoms with Crippen molar-refractivity contribution < 1.29 is 0 Å². The van der Waals surface area contributed by atoms with E-state index in [1.807, 2.05) is 32.3 Å². The van der Waals surface area contributed by atoms with Gasteiger partial charge in [0, 0.05) is 25.6 Å². The van der Waals surface area contributed by atoms with Gasteiger partial charge < -0.3 is 10.3 Å². The lowest BCUT2D eigenvalue weighted by molar-refractivity contribution is 0.497. The summed E-state index contributed by atoms with van der Waals surface area (Å²) in [4.78, 5) is 29.5. The third-order valence-electron chi connectivity index (χ3n) is 3.80. The van der Waals surface area contributed by atoms with Crippen LogP contribution in [0.2, 0.25) is 0 Å². The molecule has 0 fully saturated rings. The van der Waals surface area contributed by atoms with E-state index in [2.05, 4.69) is 4.98 Å². The molecule has 2 rings (SSSR count). The van der Waals surface area contributed by atoms with Crippen LogP contribution >= 0.6 is 0 Å². The smallest absolute Gasteiger partial charge is 0.330 e. The van der Waals surface area contributed by atoms with E-state index >= 15 is 0 Å². The molecule has 0 saturated heterocycles. The average molecular weight is 307 g/mol.